The monoisotopic (exact) mass is 490 g/mol. The number of fused-ring (bicyclic) bond motifs is 1. The summed E-state index contributed by atoms with van der Waals surface area (Å²) in [6.45, 7) is 4.53. The van der Waals surface area contributed by atoms with Crippen LogP contribution in [0.2, 0.25) is 5.02 Å². The van der Waals surface area contributed by atoms with Gasteiger partial charge in [-0.3, -0.25) is 4.79 Å². The number of nitrogens with one attached hydrogen (secondary N) is 2. The van der Waals surface area contributed by atoms with Gasteiger partial charge in [0.2, 0.25) is 0 Å². The summed E-state index contributed by atoms with van der Waals surface area (Å²) in [7, 11) is 0. The van der Waals surface area contributed by atoms with E-state index in [1.165, 1.54) is 0 Å². The summed E-state index contributed by atoms with van der Waals surface area (Å²) >= 11 is 9.56. The smallest absolute Gasteiger partial charge is 0.339 e. The van der Waals surface area contributed by atoms with Gasteiger partial charge in [-0.15, -0.1) is 11.3 Å². The van der Waals surface area contributed by atoms with Crippen molar-refractivity contribution in [3.8, 4) is 0 Å². The maximum absolute atomic E-state index is 12.4. The number of thiophene rings is 1. The normalized spacial score (nSPS) is 15.9. The second-order valence-corrected chi connectivity index (χ2v) is 9.37. The van der Waals surface area contributed by atoms with Gasteiger partial charge in [-0.05, 0) is 58.2 Å². The SMILES string of the molecule is CC1(C)CNC(=O)c2sc(Nc3ccc(I)cc3Cl)c(C(=O)O)c2C1. The second kappa shape index (κ2) is 6.77. The molecule has 1 aliphatic rings. The molecular formula is C17H16ClIN2O3S. The standard InChI is InChI=1S/C17H16ClIN2O3S/c1-17(2)6-9-12(16(23)24)15(25-13(9)14(22)20-7-17)21-11-4-3-8(19)5-10(11)18/h3-5,21H,6-7H2,1-2H3,(H,20,22)(H,23,24). The molecule has 8 heteroatoms. The lowest BCUT2D eigenvalue weighted by molar-refractivity contribution is 0.0697. The molecule has 2 aromatic rings. The Morgan fingerprint density at radius 2 is 2.16 bits per heavy atom. The summed E-state index contributed by atoms with van der Waals surface area (Å²) < 4.78 is 0.981. The molecule has 0 bridgehead atoms. The fraction of sp³-hybridized carbons (Fsp3) is 0.294. The van der Waals surface area contributed by atoms with Crippen molar-refractivity contribution in [1.29, 1.82) is 0 Å². The van der Waals surface area contributed by atoms with Crippen LogP contribution in [0, 0.1) is 8.99 Å². The Bertz CT molecular complexity index is 879. The predicted molar refractivity (Wildman–Crippen MR) is 109 cm³/mol. The zero-order chi connectivity index (χ0) is 18.4. The number of rotatable bonds is 3. The lowest BCUT2D eigenvalue weighted by Crippen LogP contribution is -2.31. The fourth-order valence-electron chi connectivity index (χ4n) is 2.79. The third-order valence-corrected chi connectivity index (χ3v) is 6.12. The van der Waals surface area contributed by atoms with Crippen LogP contribution in [0.25, 0.3) is 0 Å². The minimum atomic E-state index is -1.05. The summed E-state index contributed by atoms with van der Waals surface area (Å²) in [5.41, 5.74) is 1.13. The molecule has 25 heavy (non-hydrogen) atoms. The van der Waals surface area contributed by atoms with E-state index in [4.69, 9.17) is 11.6 Å². The van der Waals surface area contributed by atoms with Gasteiger partial charge in [-0.1, -0.05) is 25.4 Å². The van der Waals surface area contributed by atoms with Crippen LogP contribution in [0.15, 0.2) is 18.2 Å². The number of amides is 1. The second-order valence-electron chi connectivity index (χ2n) is 6.69. The average Bonchev–Trinajstić information content (AvgIpc) is 2.80. The number of benzene rings is 1. The lowest BCUT2D eigenvalue weighted by atomic mass is 9.85. The molecule has 0 unspecified atom stereocenters. The van der Waals surface area contributed by atoms with E-state index in [0.717, 1.165) is 14.9 Å². The van der Waals surface area contributed by atoms with Gasteiger partial charge in [0, 0.05) is 10.1 Å². The number of aromatic carboxylic acids is 1. The molecule has 0 fully saturated rings. The Morgan fingerprint density at radius 1 is 1.44 bits per heavy atom. The van der Waals surface area contributed by atoms with Crippen molar-refractivity contribution in [3.05, 3.63) is 42.8 Å². The molecule has 0 radical (unpaired) electrons. The van der Waals surface area contributed by atoms with Crippen LogP contribution in [0.5, 0.6) is 0 Å². The van der Waals surface area contributed by atoms with Gasteiger partial charge in [-0.25, -0.2) is 4.79 Å². The Balaban J connectivity index is 2.10. The van der Waals surface area contributed by atoms with Crippen molar-refractivity contribution in [2.45, 2.75) is 20.3 Å². The molecule has 3 rings (SSSR count). The highest BCUT2D eigenvalue weighted by molar-refractivity contribution is 14.1. The third kappa shape index (κ3) is 3.78. The van der Waals surface area contributed by atoms with E-state index >= 15 is 0 Å². The minimum Gasteiger partial charge on any atom is -0.478 e. The molecule has 1 aliphatic heterocycles. The van der Waals surface area contributed by atoms with Gasteiger partial charge in [-0.2, -0.15) is 0 Å². The molecule has 0 saturated heterocycles. The van der Waals surface area contributed by atoms with Gasteiger partial charge in [0.1, 0.15) is 5.00 Å². The van der Waals surface area contributed by atoms with E-state index < -0.39 is 5.97 Å². The molecular weight excluding hydrogens is 475 g/mol. The molecule has 2 heterocycles. The molecule has 1 aromatic heterocycles. The topological polar surface area (TPSA) is 78.4 Å². The summed E-state index contributed by atoms with van der Waals surface area (Å²) in [6, 6.07) is 5.47. The van der Waals surface area contributed by atoms with Gasteiger partial charge in [0.25, 0.3) is 5.91 Å². The number of halogens is 2. The van der Waals surface area contributed by atoms with Gasteiger partial charge in [0.05, 0.1) is 21.2 Å². The van der Waals surface area contributed by atoms with E-state index in [0.29, 0.717) is 39.1 Å². The zero-order valence-corrected chi connectivity index (χ0v) is 17.3. The predicted octanol–water partition coefficient (Wildman–Crippen LogP) is 4.76. The van der Waals surface area contributed by atoms with E-state index in [1.807, 2.05) is 19.9 Å². The Labute approximate surface area is 167 Å². The first kappa shape index (κ1) is 18.5. The molecule has 0 atom stereocenters. The first-order chi connectivity index (χ1) is 11.7. The third-order valence-electron chi connectivity index (χ3n) is 3.99. The van der Waals surface area contributed by atoms with Crippen LogP contribution in [-0.2, 0) is 6.42 Å². The van der Waals surface area contributed by atoms with Gasteiger partial charge >= 0.3 is 5.97 Å². The minimum absolute atomic E-state index is 0.153. The molecule has 0 spiro atoms. The van der Waals surface area contributed by atoms with Crippen LogP contribution in [-0.4, -0.2) is 23.5 Å². The summed E-state index contributed by atoms with van der Waals surface area (Å²) in [5.74, 6) is -1.28. The van der Waals surface area contributed by atoms with Crippen LogP contribution in [0.3, 0.4) is 0 Å². The van der Waals surface area contributed by atoms with Crippen molar-refractivity contribution in [2.24, 2.45) is 5.41 Å². The van der Waals surface area contributed by atoms with Crippen molar-refractivity contribution >= 4 is 68.1 Å². The maximum atomic E-state index is 12.4. The van der Waals surface area contributed by atoms with Crippen LogP contribution >= 0.6 is 45.5 Å². The highest BCUT2D eigenvalue weighted by atomic mass is 127. The molecule has 5 nitrogen and oxygen atoms in total. The highest BCUT2D eigenvalue weighted by Crippen LogP contribution is 2.41. The number of hydrogen-bond donors (Lipinski definition) is 3. The summed E-state index contributed by atoms with van der Waals surface area (Å²) in [5, 5.41) is 16.6. The lowest BCUT2D eigenvalue weighted by Gasteiger charge is -2.22. The van der Waals surface area contributed by atoms with E-state index in [9.17, 15) is 14.7 Å². The molecule has 1 amide bonds. The first-order valence-corrected chi connectivity index (χ1v) is 9.84. The Morgan fingerprint density at radius 3 is 2.80 bits per heavy atom. The van der Waals surface area contributed by atoms with Crippen LogP contribution in [0.1, 0.15) is 39.4 Å². The number of carbonyl (C=O) groups is 2. The highest BCUT2D eigenvalue weighted by Gasteiger charge is 2.34. The number of carboxylic acids is 1. The van der Waals surface area contributed by atoms with Gasteiger partial charge < -0.3 is 15.7 Å². The zero-order valence-electron chi connectivity index (χ0n) is 13.6. The fourth-order valence-corrected chi connectivity index (χ4v) is 4.83. The molecule has 0 aliphatic carbocycles. The Kier molecular flexibility index (Phi) is 5.00. The van der Waals surface area contributed by atoms with E-state index in [1.54, 1.807) is 12.1 Å². The van der Waals surface area contributed by atoms with Crippen LogP contribution < -0.4 is 10.6 Å². The van der Waals surface area contributed by atoms with E-state index in [-0.39, 0.29) is 16.9 Å². The van der Waals surface area contributed by atoms with Crippen molar-refractivity contribution in [3.63, 3.8) is 0 Å². The number of hydrogen-bond acceptors (Lipinski definition) is 4. The quantitative estimate of drug-likeness (QED) is 0.542. The number of carbonyl (C=O) groups excluding carboxylic acids is 1. The maximum Gasteiger partial charge on any atom is 0.339 e. The van der Waals surface area contributed by atoms with Crippen LogP contribution in [0.4, 0.5) is 10.7 Å². The number of anilines is 2. The Hall–Kier alpha value is -1.32. The first-order valence-electron chi connectivity index (χ1n) is 7.57. The molecule has 132 valence electrons. The molecule has 3 N–H and O–H groups in total. The van der Waals surface area contributed by atoms with Gasteiger partial charge in [0.15, 0.2) is 0 Å². The number of carboxylic acid groups (broad SMARTS) is 1. The molecule has 0 saturated carbocycles. The average molecular weight is 491 g/mol. The summed E-state index contributed by atoms with van der Waals surface area (Å²) in [6.07, 6.45) is 0.515. The van der Waals surface area contributed by atoms with E-state index in [2.05, 4.69) is 33.2 Å². The summed E-state index contributed by atoms with van der Waals surface area (Å²) in [4.78, 5) is 24.8. The van der Waals surface area contributed by atoms with Crippen molar-refractivity contribution < 1.29 is 14.7 Å². The van der Waals surface area contributed by atoms with Crippen molar-refractivity contribution in [2.75, 3.05) is 11.9 Å². The largest absolute Gasteiger partial charge is 0.478 e. The van der Waals surface area contributed by atoms with Crippen molar-refractivity contribution in [1.82, 2.24) is 5.32 Å². The molecule has 1 aromatic carbocycles.